The molecule has 6 atom stereocenters. The Morgan fingerprint density at radius 3 is 1.03 bits per heavy atom. The third kappa shape index (κ3) is 6.06. The molecule has 0 spiro atoms. The Balaban J connectivity index is 1.65. The molecule has 0 aliphatic heterocycles. The molecular formula is C24H24B3O9-3. The fourth-order valence-electron chi connectivity index (χ4n) is 4.13. The number of hydrogen-bond donors (Lipinski definition) is 3. The monoisotopic (exact) mass is 489 g/mol. The second-order valence-corrected chi connectivity index (χ2v) is 8.50. The molecule has 0 saturated heterocycles. The summed E-state index contributed by atoms with van der Waals surface area (Å²) in [6.45, 7) is 0. The minimum atomic E-state index is -1.84. The highest BCUT2D eigenvalue weighted by Crippen LogP contribution is 2.29. The molecule has 36 heavy (non-hydrogen) atoms. The molecule has 3 aromatic rings. The molecule has 12 heteroatoms. The van der Waals surface area contributed by atoms with Gasteiger partial charge in [-0.25, -0.2) is 0 Å². The van der Waals surface area contributed by atoms with Crippen LogP contribution in [0, 0.1) is 0 Å². The molecule has 0 heterocycles. The highest BCUT2D eigenvalue weighted by atomic mass is 16.6. The van der Waals surface area contributed by atoms with Gasteiger partial charge in [0.05, 0.1) is 18.3 Å². The Bertz CT molecular complexity index is 1000. The van der Waals surface area contributed by atoms with Crippen LogP contribution in [0.25, 0.3) is 0 Å². The number of aliphatic hydroxyl groups excluding tert-OH is 3. The van der Waals surface area contributed by atoms with E-state index in [0.29, 0.717) is 0 Å². The zero-order valence-electron chi connectivity index (χ0n) is 19.1. The highest BCUT2D eigenvalue weighted by molar-refractivity contribution is 6.59. The molecule has 9 nitrogen and oxygen atoms in total. The molecule has 1 aliphatic rings. The first kappa shape index (κ1) is 26.6. The van der Waals surface area contributed by atoms with Gasteiger partial charge in [0.25, 0.3) is 0 Å². The van der Waals surface area contributed by atoms with Gasteiger partial charge < -0.3 is 44.4 Å². The lowest BCUT2D eigenvalue weighted by molar-refractivity contribution is -0.279. The maximum Gasteiger partial charge on any atom is 0.218 e. The van der Waals surface area contributed by atoms with Gasteiger partial charge in [-0.3, -0.25) is 0 Å². The van der Waals surface area contributed by atoms with E-state index in [0.717, 1.165) is 0 Å². The van der Waals surface area contributed by atoms with E-state index >= 15 is 0 Å². The average molecular weight is 489 g/mol. The fourth-order valence-corrected chi connectivity index (χ4v) is 4.13. The van der Waals surface area contributed by atoms with Gasteiger partial charge in [-0.2, -0.15) is 0 Å². The van der Waals surface area contributed by atoms with E-state index in [2.05, 4.69) is 0 Å². The van der Waals surface area contributed by atoms with Crippen molar-refractivity contribution in [2.45, 2.75) is 36.6 Å². The van der Waals surface area contributed by atoms with Crippen LogP contribution in [-0.4, -0.2) is 73.3 Å². The second-order valence-electron chi connectivity index (χ2n) is 8.50. The average Bonchev–Trinajstić information content (AvgIpc) is 2.93. The Hall–Kier alpha value is -2.51. The number of benzene rings is 3. The Labute approximate surface area is 210 Å². The van der Waals surface area contributed by atoms with Crippen molar-refractivity contribution in [3.05, 3.63) is 91.0 Å². The van der Waals surface area contributed by atoms with Crippen LogP contribution in [0.2, 0.25) is 0 Å². The van der Waals surface area contributed by atoms with E-state index in [4.69, 9.17) is 14.0 Å². The molecule has 3 aromatic carbocycles. The first-order valence-corrected chi connectivity index (χ1v) is 11.5. The molecule has 1 fully saturated rings. The molecule has 0 amide bonds. The van der Waals surface area contributed by atoms with Crippen LogP contribution in [-0.2, 0) is 14.0 Å². The van der Waals surface area contributed by atoms with E-state index < -0.39 is 58.0 Å². The second kappa shape index (κ2) is 12.2. The molecule has 0 bridgehead atoms. The Morgan fingerprint density at radius 1 is 0.444 bits per heavy atom. The van der Waals surface area contributed by atoms with Crippen LogP contribution >= 0.6 is 0 Å². The summed E-state index contributed by atoms with van der Waals surface area (Å²) < 4.78 is 16.8. The van der Waals surface area contributed by atoms with Gasteiger partial charge in [0.15, 0.2) is 0 Å². The predicted octanol–water partition coefficient (Wildman–Crippen LogP) is -4.49. The predicted molar refractivity (Wildman–Crippen MR) is 128 cm³/mol. The third-order valence-electron chi connectivity index (χ3n) is 6.08. The highest BCUT2D eigenvalue weighted by Gasteiger charge is 2.51. The van der Waals surface area contributed by atoms with Crippen LogP contribution in [0.3, 0.4) is 0 Å². The molecule has 1 saturated carbocycles. The van der Waals surface area contributed by atoms with Gasteiger partial charge in [0.1, 0.15) is 18.3 Å². The fraction of sp³-hybridized carbons (Fsp3) is 0.250. The van der Waals surface area contributed by atoms with Gasteiger partial charge >= 0.3 is 0 Å². The largest absolute Gasteiger partial charge is 0.853 e. The van der Waals surface area contributed by atoms with Crippen LogP contribution in [0.1, 0.15) is 0 Å². The van der Waals surface area contributed by atoms with Crippen molar-refractivity contribution in [1.29, 1.82) is 0 Å². The molecule has 186 valence electrons. The van der Waals surface area contributed by atoms with Crippen molar-refractivity contribution in [3.8, 4) is 0 Å². The number of hydrogen-bond acceptors (Lipinski definition) is 9. The van der Waals surface area contributed by atoms with Crippen molar-refractivity contribution in [1.82, 2.24) is 0 Å². The topological polar surface area (TPSA) is 158 Å². The van der Waals surface area contributed by atoms with Gasteiger partial charge in [0, 0.05) is 0 Å². The standard InChI is InChI=1S/C24H24B3O9/c28-19-20(29)22(34-25(31)16-10-4-1-5-11-16)24(36-27(33)18-14-8-3-9-15-18)23(21(19)30)35-26(32)17-12-6-2-7-13-17/h1-15,19-24,28-30H/q-3/t19?,20-,21-,22-,23+,24?/m0/s1. The van der Waals surface area contributed by atoms with E-state index in [1.165, 1.54) is 36.4 Å². The van der Waals surface area contributed by atoms with Gasteiger partial charge in [-0.1, -0.05) is 107 Å². The van der Waals surface area contributed by atoms with Gasteiger partial charge in [0.2, 0.25) is 21.4 Å². The van der Waals surface area contributed by atoms with Crippen LogP contribution in [0.5, 0.6) is 0 Å². The quantitative estimate of drug-likeness (QED) is 0.252. The molecular weight excluding hydrogens is 465 g/mol. The van der Waals surface area contributed by atoms with Crippen molar-refractivity contribution < 1.29 is 44.4 Å². The molecule has 0 radical (unpaired) electrons. The van der Waals surface area contributed by atoms with Gasteiger partial charge in [-0.05, 0) is 0 Å². The number of rotatable bonds is 9. The lowest BCUT2D eigenvalue weighted by atomic mass is 9.74. The van der Waals surface area contributed by atoms with Crippen molar-refractivity contribution >= 4 is 37.7 Å². The van der Waals surface area contributed by atoms with Gasteiger partial charge in [-0.15, -0.1) is 0 Å². The first-order chi connectivity index (χ1) is 17.4. The van der Waals surface area contributed by atoms with Crippen molar-refractivity contribution in [3.63, 3.8) is 0 Å². The summed E-state index contributed by atoms with van der Waals surface area (Å²) in [5.74, 6) is 0. The first-order valence-electron chi connectivity index (χ1n) is 11.5. The molecule has 2 unspecified atom stereocenters. The SMILES string of the molecule is [O-]B(OC1[C@@H](OB([O-])c2ccccc2)[C@@H](O)C(O)[C@H](O)[C@H]1OB([O-])c1ccccc1)c1ccccc1. The van der Waals surface area contributed by atoms with Crippen molar-refractivity contribution in [2.75, 3.05) is 0 Å². The summed E-state index contributed by atoms with van der Waals surface area (Å²) in [5.41, 5.74) is 0.692. The van der Waals surface area contributed by atoms with Crippen LogP contribution < -0.4 is 31.5 Å². The van der Waals surface area contributed by atoms with Crippen molar-refractivity contribution in [2.24, 2.45) is 0 Å². The summed E-state index contributed by atoms with van der Waals surface area (Å²) >= 11 is 0. The zero-order valence-corrected chi connectivity index (χ0v) is 19.1. The summed E-state index contributed by atoms with van der Waals surface area (Å²) in [6, 6.07) is 24.0. The smallest absolute Gasteiger partial charge is 0.218 e. The number of aliphatic hydroxyl groups is 3. The zero-order chi connectivity index (χ0) is 25.7. The third-order valence-corrected chi connectivity index (χ3v) is 6.08. The van der Waals surface area contributed by atoms with E-state index in [9.17, 15) is 30.4 Å². The summed E-state index contributed by atoms with van der Waals surface area (Å²) in [5, 5.41) is 70.7. The normalized spacial score (nSPS) is 25.8. The molecule has 0 aromatic heterocycles. The summed E-state index contributed by atoms with van der Waals surface area (Å²) in [4.78, 5) is 0. The minimum Gasteiger partial charge on any atom is -0.853 e. The maximum absolute atomic E-state index is 13.0. The van der Waals surface area contributed by atoms with Crippen LogP contribution in [0.15, 0.2) is 91.0 Å². The van der Waals surface area contributed by atoms with E-state index in [-0.39, 0.29) is 16.4 Å². The van der Waals surface area contributed by atoms with E-state index in [1.807, 2.05) is 0 Å². The molecule has 3 N–H and O–H groups in total. The molecule has 4 rings (SSSR count). The Morgan fingerprint density at radius 2 is 0.722 bits per heavy atom. The van der Waals surface area contributed by atoms with E-state index in [1.54, 1.807) is 54.6 Å². The summed E-state index contributed by atoms with van der Waals surface area (Å²) in [6.07, 6.45) is -10.2. The van der Waals surface area contributed by atoms with Crippen LogP contribution in [0.4, 0.5) is 0 Å². The molecule has 1 aliphatic carbocycles. The lowest BCUT2D eigenvalue weighted by Gasteiger charge is -2.50. The Kier molecular flexibility index (Phi) is 8.97. The minimum absolute atomic E-state index is 0.230. The maximum atomic E-state index is 13.0. The lowest BCUT2D eigenvalue weighted by Crippen LogP contribution is -2.71. The summed E-state index contributed by atoms with van der Waals surface area (Å²) in [7, 11) is -5.47.